The van der Waals surface area contributed by atoms with E-state index in [9.17, 15) is 4.79 Å². The smallest absolute Gasteiger partial charge is 0.259 e. The van der Waals surface area contributed by atoms with Crippen LogP contribution in [-0.4, -0.2) is 52.8 Å². The van der Waals surface area contributed by atoms with Gasteiger partial charge in [-0.3, -0.25) is 9.69 Å². The molecule has 0 radical (unpaired) electrons. The van der Waals surface area contributed by atoms with Gasteiger partial charge in [-0.25, -0.2) is 4.68 Å². The zero-order valence-corrected chi connectivity index (χ0v) is 27.7. The number of hydrogen-bond donors (Lipinski definition) is 1. The highest BCUT2D eigenvalue weighted by atomic mass is 79.9. The number of hydrogen-bond acceptors (Lipinski definition) is 4. The summed E-state index contributed by atoms with van der Waals surface area (Å²) in [5.41, 5.74) is 10.4. The minimum Gasteiger partial charge on any atom is -0.368 e. The summed E-state index contributed by atoms with van der Waals surface area (Å²) in [5, 5.41) is 11.3. The van der Waals surface area contributed by atoms with E-state index >= 15 is 0 Å². The molecule has 0 spiro atoms. The van der Waals surface area contributed by atoms with Gasteiger partial charge >= 0.3 is 0 Å². The fourth-order valence-electron chi connectivity index (χ4n) is 7.80. The van der Waals surface area contributed by atoms with Crippen LogP contribution < -0.4 is 20.7 Å². The first-order valence-electron chi connectivity index (χ1n) is 15.9. The fourth-order valence-corrected chi connectivity index (χ4v) is 8.55. The molecule has 1 atom stereocenters. The molecule has 8 rings (SSSR count). The second-order valence-corrected chi connectivity index (χ2v) is 13.8. The van der Waals surface area contributed by atoms with E-state index in [0.29, 0.717) is 16.6 Å². The van der Waals surface area contributed by atoms with Gasteiger partial charge in [-0.05, 0) is 125 Å². The van der Waals surface area contributed by atoms with Gasteiger partial charge in [-0.2, -0.15) is 5.10 Å². The second-order valence-electron chi connectivity index (χ2n) is 12.5. The molecule has 1 amide bonds. The second kappa shape index (κ2) is 11.6. The Morgan fingerprint density at radius 1 is 1.00 bits per heavy atom. The molecule has 3 aromatic carbocycles. The third-order valence-electron chi connectivity index (χ3n) is 10.0. The predicted octanol–water partition coefficient (Wildman–Crippen LogP) is 6.50. The van der Waals surface area contributed by atoms with E-state index in [0.717, 1.165) is 59.8 Å². The first kappa shape index (κ1) is 28.8. The molecule has 0 bridgehead atoms. The fraction of sp³-hybridized carbons (Fsp3) is 0.297. The zero-order valence-electron chi connectivity index (χ0n) is 25.3. The van der Waals surface area contributed by atoms with Gasteiger partial charge in [0.15, 0.2) is 0 Å². The Bertz CT molecular complexity index is 1990. The van der Waals surface area contributed by atoms with E-state index < -0.39 is 0 Å². The van der Waals surface area contributed by atoms with E-state index in [4.69, 9.17) is 11.6 Å². The third kappa shape index (κ3) is 5.15. The molecule has 1 aliphatic heterocycles. The highest BCUT2D eigenvalue weighted by molar-refractivity contribution is 9.10. The molecule has 1 saturated heterocycles. The predicted molar refractivity (Wildman–Crippen MR) is 187 cm³/mol. The van der Waals surface area contributed by atoms with Crippen LogP contribution in [0, 0.1) is 6.92 Å². The topological polar surface area (TPSA) is 53.4 Å². The van der Waals surface area contributed by atoms with Crippen LogP contribution >= 0.6 is 27.5 Å². The van der Waals surface area contributed by atoms with Crippen molar-refractivity contribution in [1.82, 2.24) is 14.7 Å². The Balaban J connectivity index is 0.955. The van der Waals surface area contributed by atoms with E-state index in [2.05, 4.69) is 66.5 Å². The Labute approximate surface area is 276 Å². The lowest BCUT2D eigenvalue weighted by Gasteiger charge is -2.43. The van der Waals surface area contributed by atoms with Crippen molar-refractivity contribution in [3.8, 4) is 5.69 Å². The van der Waals surface area contributed by atoms with Crippen molar-refractivity contribution in [1.29, 1.82) is 0 Å². The van der Waals surface area contributed by atoms with Gasteiger partial charge in [0.2, 0.25) is 0 Å². The van der Waals surface area contributed by atoms with Gasteiger partial charge in [-0.1, -0.05) is 41.5 Å². The number of aryl methyl sites for hydroxylation is 1. The first-order valence-corrected chi connectivity index (χ1v) is 17.1. The van der Waals surface area contributed by atoms with Gasteiger partial charge in [0.1, 0.15) is 0 Å². The van der Waals surface area contributed by atoms with Crippen molar-refractivity contribution in [2.45, 2.75) is 45.1 Å². The minimum atomic E-state index is -0.183. The monoisotopic (exact) mass is 679 g/mol. The van der Waals surface area contributed by atoms with Gasteiger partial charge in [0.05, 0.1) is 28.8 Å². The molecule has 1 fully saturated rings. The van der Waals surface area contributed by atoms with Gasteiger partial charge in [-0.15, -0.1) is 0 Å². The summed E-state index contributed by atoms with van der Waals surface area (Å²) in [7, 11) is 0. The number of carbonyl (C=O) groups excluding carboxylic acids is 1. The van der Waals surface area contributed by atoms with Crippen molar-refractivity contribution in [3.05, 3.63) is 109 Å². The van der Waals surface area contributed by atoms with E-state index in [-0.39, 0.29) is 5.91 Å². The number of amides is 1. The Morgan fingerprint density at radius 2 is 1.82 bits per heavy atom. The lowest BCUT2D eigenvalue weighted by molar-refractivity contribution is 0.102. The molecule has 1 N–H and O–H groups in total. The number of carbonyl (C=O) groups is 1. The summed E-state index contributed by atoms with van der Waals surface area (Å²) < 4.78 is 2.74. The summed E-state index contributed by atoms with van der Waals surface area (Å²) in [6, 6.07) is 18.8. The van der Waals surface area contributed by atoms with Gasteiger partial charge in [0.25, 0.3) is 5.91 Å². The largest absolute Gasteiger partial charge is 0.368 e. The van der Waals surface area contributed by atoms with Crippen LogP contribution in [0.1, 0.15) is 52.9 Å². The Kier molecular flexibility index (Phi) is 7.43. The average molecular weight is 681 g/mol. The molecule has 1 aromatic heterocycles. The quantitative estimate of drug-likeness (QED) is 0.262. The average Bonchev–Trinajstić information content (AvgIpc) is 3.45. The number of rotatable bonds is 5. The molecule has 228 valence electrons. The normalized spacial score (nSPS) is 19.1. The molecule has 4 aromatic rings. The summed E-state index contributed by atoms with van der Waals surface area (Å²) in [6.07, 6.45) is 12.3. The molecule has 1 unspecified atom stereocenters. The van der Waals surface area contributed by atoms with Gasteiger partial charge < -0.3 is 10.2 Å². The number of piperazine rings is 1. The molecule has 3 aliphatic carbocycles. The number of anilines is 2. The van der Waals surface area contributed by atoms with Crippen molar-refractivity contribution in [2.24, 2.45) is 0 Å². The van der Waals surface area contributed by atoms with Crippen molar-refractivity contribution in [3.63, 3.8) is 0 Å². The number of allylic oxidation sites excluding steroid dienone is 1. The lowest BCUT2D eigenvalue weighted by Crippen LogP contribution is -2.54. The number of nitrogens with one attached hydrogen (secondary N) is 1. The van der Waals surface area contributed by atoms with E-state index in [1.165, 1.54) is 31.2 Å². The molecule has 45 heavy (non-hydrogen) atoms. The van der Waals surface area contributed by atoms with Crippen LogP contribution in [0.3, 0.4) is 0 Å². The van der Waals surface area contributed by atoms with Crippen LogP contribution in [0.4, 0.5) is 11.4 Å². The Morgan fingerprint density at radius 3 is 2.62 bits per heavy atom. The molecule has 8 heteroatoms. The number of aromatic nitrogens is 2. The third-order valence-corrected chi connectivity index (χ3v) is 10.9. The SMILES string of the molecule is Cc1c(C(=O)Nc2ccc(N3CCN(C4CC5=c6c(ccc7c6=C4CCC7)C=CC5)CC3)c(Br)c2)cnn1-c1ccc(Cl)cc1. The maximum Gasteiger partial charge on any atom is 0.259 e. The maximum atomic E-state index is 13.2. The molecule has 2 heterocycles. The standard InChI is InChI=1S/C37H35BrClN5O/c1-23-31(22-40-44(23)29-13-10-27(39)11-14-29)37(45)41-28-12-15-33(32(38)21-28)42-16-18-43(19-17-42)34-20-26-6-2-4-24-8-9-25-5-3-7-30(34)36(25)35(24)26/h2,4,8-15,21-22,34H,3,5-7,16-20H2,1H3,(H,41,45). The van der Waals surface area contributed by atoms with Crippen LogP contribution in [0.25, 0.3) is 22.9 Å². The van der Waals surface area contributed by atoms with Gasteiger partial charge in [0, 0.05) is 47.4 Å². The lowest BCUT2D eigenvalue weighted by atomic mass is 9.77. The van der Waals surface area contributed by atoms with Crippen LogP contribution in [0.2, 0.25) is 5.02 Å². The van der Waals surface area contributed by atoms with Crippen LogP contribution in [-0.2, 0) is 6.42 Å². The molecular weight excluding hydrogens is 646 g/mol. The van der Waals surface area contributed by atoms with Crippen molar-refractivity contribution in [2.75, 3.05) is 36.4 Å². The molecule has 6 nitrogen and oxygen atoms in total. The first-order chi connectivity index (χ1) is 21.9. The van der Waals surface area contributed by atoms with Crippen molar-refractivity contribution >= 4 is 62.0 Å². The molecule has 0 saturated carbocycles. The number of nitrogens with zero attached hydrogens (tertiary/aromatic N) is 4. The minimum absolute atomic E-state index is 0.183. The summed E-state index contributed by atoms with van der Waals surface area (Å²) in [4.78, 5) is 18.4. The molecular formula is C37H35BrClN5O. The highest BCUT2D eigenvalue weighted by Gasteiger charge is 2.33. The van der Waals surface area contributed by atoms with Crippen molar-refractivity contribution < 1.29 is 4.79 Å². The van der Waals surface area contributed by atoms with Crippen LogP contribution in [0.5, 0.6) is 0 Å². The zero-order chi connectivity index (χ0) is 30.7. The summed E-state index contributed by atoms with van der Waals surface area (Å²) in [6.45, 7) is 5.94. The van der Waals surface area contributed by atoms with Crippen LogP contribution in [0.15, 0.2) is 71.3 Å². The Hall–Kier alpha value is -3.65. The summed E-state index contributed by atoms with van der Waals surface area (Å²) >= 11 is 9.85. The number of benzene rings is 3. The highest BCUT2D eigenvalue weighted by Crippen LogP contribution is 2.34. The number of halogens is 2. The summed E-state index contributed by atoms with van der Waals surface area (Å²) in [5.74, 6) is -0.183. The maximum absolute atomic E-state index is 13.2. The molecule has 4 aliphatic rings. The van der Waals surface area contributed by atoms with E-state index in [1.807, 2.05) is 43.3 Å². The van der Waals surface area contributed by atoms with E-state index in [1.54, 1.807) is 38.0 Å².